The number of primary sulfonamides is 1. The van der Waals surface area contributed by atoms with Crippen molar-refractivity contribution in [2.75, 3.05) is 13.7 Å². The monoisotopic (exact) mass is 294 g/mol. The first kappa shape index (κ1) is 16.2. The summed E-state index contributed by atoms with van der Waals surface area (Å²) in [5.74, 6) is 0. The van der Waals surface area contributed by atoms with Crippen molar-refractivity contribution >= 4 is 16.1 Å². The van der Waals surface area contributed by atoms with Crippen LogP contribution in [0.15, 0.2) is 0 Å². The van der Waals surface area contributed by atoms with E-state index in [0.29, 0.717) is 0 Å². The van der Waals surface area contributed by atoms with E-state index in [9.17, 15) is 18.3 Å². The highest BCUT2D eigenvalue weighted by atomic mass is 32.2. The van der Waals surface area contributed by atoms with Crippen LogP contribution in [0, 0.1) is 0 Å². The van der Waals surface area contributed by atoms with Crippen LogP contribution in [-0.4, -0.2) is 54.6 Å². The van der Waals surface area contributed by atoms with Gasteiger partial charge in [-0.25, -0.2) is 18.4 Å². The first-order valence-corrected chi connectivity index (χ1v) is 7.55. The van der Waals surface area contributed by atoms with Crippen LogP contribution < -0.4 is 5.14 Å². The molecule has 1 amide bonds. The predicted molar refractivity (Wildman–Crippen MR) is 70.4 cm³/mol. The number of carbonyl (C=O) groups is 1. The van der Waals surface area contributed by atoms with Crippen molar-refractivity contribution in [1.29, 1.82) is 0 Å². The molecule has 112 valence electrons. The molecule has 0 heterocycles. The molecule has 2 atom stereocenters. The van der Waals surface area contributed by atoms with Gasteiger partial charge in [-0.3, -0.25) is 4.90 Å². The van der Waals surface area contributed by atoms with Crippen molar-refractivity contribution in [1.82, 2.24) is 4.90 Å². The first-order chi connectivity index (χ1) is 8.47. The number of ether oxygens (including phenoxy) is 1. The Hall–Kier alpha value is -0.860. The third-order valence-corrected chi connectivity index (χ3v) is 5.30. The lowest BCUT2D eigenvalue weighted by atomic mass is 10.1. The van der Waals surface area contributed by atoms with E-state index in [-0.39, 0.29) is 19.4 Å². The van der Waals surface area contributed by atoms with Crippen LogP contribution >= 0.6 is 0 Å². The minimum absolute atomic E-state index is 0.201. The lowest BCUT2D eigenvalue weighted by molar-refractivity contribution is 0.0908. The number of carboxylic acid groups (broad SMARTS) is 1. The van der Waals surface area contributed by atoms with Gasteiger partial charge >= 0.3 is 6.09 Å². The highest BCUT2D eigenvalue weighted by Crippen LogP contribution is 2.50. The maximum atomic E-state index is 11.8. The van der Waals surface area contributed by atoms with Gasteiger partial charge in [0.05, 0.1) is 6.04 Å². The predicted octanol–water partition coefficient (Wildman–Crippen LogP) is 0.601. The van der Waals surface area contributed by atoms with Crippen LogP contribution in [0.5, 0.6) is 0 Å². The number of hydrogen-bond donors (Lipinski definition) is 2. The van der Waals surface area contributed by atoms with Gasteiger partial charge in [0.2, 0.25) is 10.0 Å². The number of nitrogens with two attached hydrogens (primary N) is 1. The summed E-state index contributed by atoms with van der Waals surface area (Å²) in [5, 5.41) is 14.6. The molecule has 0 spiro atoms. The summed E-state index contributed by atoms with van der Waals surface area (Å²) in [6, 6.07) is -0.616. The van der Waals surface area contributed by atoms with Crippen LogP contribution in [0.3, 0.4) is 0 Å². The van der Waals surface area contributed by atoms with Gasteiger partial charge in [0.25, 0.3) is 0 Å². The fraction of sp³-hybridized carbons (Fsp3) is 0.909. The summed E-state index contributed by atoms with van der Waals surface area (Å²) in [6.45, 7) is 5.40. The van der Waals surface area contributed by atoms with E-state index in [4.69, 9.17) is 9.88 Å². The molecule has 2 unspecified atom stereocenters. The SMILES string of the molecule is COCCC1(S(N)(=O)=O)CC1N(C(=O)O)C(C)(C)C. The molecule has 1 saturated carbocycles. The highest BCUT2D eigenvalue weighted by Gasteiger charge is 2.67. The molecule has 0 aromatic carbocycles. The standard InChI is InChI=1S/C11H22N2O5S/c1-10(2,3)13(9(14)15)8-7-11(8,5-6-18-4)19(12,16)17/h8H,5-7H2,1-4H3,(H,14,15)(H2,12,16,17). The van der Waals surface area contributed by atoms with Crippen molar-refractivity contribution < 1.29 is 23.1 Å². The van der Waals surface area contributed by atoms with Gasteiger partial charge in [0.15, 0.2) is 0 Å². The number of rotatable bonds is 5. The van der Waals surface area contributed by atoms with Crippen molar-refractivity contribution in [3.63, 3.8) is 0 Å². The number of nitrogens with zero attached hydrogens (tertiary/aromatic N) is 1. The molecule has 7 nitrogen and oxygen atoms in total. The molecule has 1 aliphatic rings. The van der Waals surface area contributed by atoms with Gasteiger partial charge in [-0.1, -0.05) is 0 Å². The molecule has 19 heavy (non-hydrogen) atoms. The van der Waals surface area contributed by atoms with Gasteiger partial charge < -0.3 is 9.84 Å². The topological polar surface area (TPSA) is 110 Å². The summed E-state index contributed by atoms with van der Waals surface area (Å²) in [6.07, 6.45) is -0.716. The van der Waals surface area contributed by atoms with E-state index >= 15 is 0 Å². The number of hydrogen-bond acceptors (Lipinski definition) is 4. The second-order valence-electron chi connectivity index (χ2n) is 5.90. The summed E-state index contributed by atoms with van der Waals surface area (Å²) < 4.78 is 27.3. The molecule has 3 N–H and O–H groups in total. The van der Waals surface area contributed by atoms with Gasteiger partial charge in [0.1, 0.15) is 4.75 Å². The Kier molecular flexibility index (Phi) is 4.19. The van der Waals surface area contributed by atoms with E-state index < -0.39 is 32.4 Å². The Bertz CT molecular complexity index is 456. The minimum Gasteiger partial charge on any atom is -0.465 e. The zero-order chi connectivity index (χ0) is 15.1. The van der Waals surface area contributed by atoms with Crippen molar-refractivity contribution in [3.05, 3.63) is 0 Å². The Balaban J connectivity index is 3.06. The average Bonchev–Trinajstić information content (AvgIpc) is 2.86. The van der Waals surface area contributed by atoms with Crippen LogP contribution in [0.1, 0.15) is 33.6 Å². The number of sulfonamides is 1. The molecule has 0 aromatic heterocycles. The Morgan fingerprint density at radius 2 is 2.05 bits per heavy atom. The zero-order valence-corrected chi connectivity index (χ0v) is 12.5. The molecule has 0 radical (unpaired) electrons. The molecule has 1 fully saturated rings. The van der Waals surface area contributed by atoms with E-state index in [0.717, 1.165) is 0 Å². The summed E-state index contributed by atoms with van der Waals surface area (Å²) in [5.41, 5.74) is -0.685. The van der Waals surface area contributed by atoms with Gasteiger partial charge in [-0.15, -0.1) is 0 Å². The van der Waals surface area contributed by atoms with Gasteiger partial charge in [0, 0.05) is 19.3 Å². The second-order valence-corrected chi connectivity index (χ2v) is 7.80. The van der Waals surface area contributed by atoms with Gasteiger partial charge in [-0.05, 0) is 33.6 Å². The van der Waals surface area contributed by atoms with Gasteiger partial charge in [-0.2, -0.15) is 0 Å². The van der Waals surface area contributed by atoms with Crippen LogP contribution in [0.25, 0.3) is 0 Å². The fourth-order valence-corrected chi connectivity index (χ4v) is 3.72. The molecule has 0 bridgehead atoms. The Morgan fingerprint density at radius 1 is 1.53 bits per heavy atom. The Labute approximate surface area is 113 Å². The first-order valence-electron chi connectivity index (χ1n) is 6.01. The molecule has 0 aliphatic heterocycles. The molecule has 0 saturated heterocycles. The lowest BCUT2D eigenvalue weighted by Gasteiger charge is -2.35. The van der Waals surface area contributed by atoms with Crippen molar-refractivity contribution in [2.45, 2.75) is 49.9 Å². The molecule has 8 heteroatoms. The average molecular weight is 294 g/mol. The normalized spacial score (nSPS) is 27.1. The highest BCUT2D eigenvalue weighted by molar-refractivity contribution is 7.91. The fourth-order valence-electron chi connectivity index (χ4n) is 2.47. The largest absolute Gasteiger partial charge is 0.465 e. The number of amides is 1. The maximum absolute atomic E-state index is 11.8. The molecule has 0 aromatic rings. The van der Waals surface area contributed by atoms with Crippen molar-refractivity contribution in [2.24, 2.45) is 5.14 Å². The maximum Gasteiger partial charge on any atom is 0.408 e. The van der Waals surface area contributed by atoms with Crippen molar-refractivity contribution in [3.8, 4) is 0 Å². The van der Waals surface area contributed by atoms with E-state index in [2.05, 4.69) is 0 Å². The van der Waals surface area contributed by atoms with Crippen LogP contribution in [0.4, 0.5) is 4.79 Å². The summed E-state index contributed by atoms with van der Waals surface area (Å²) in [4.78, 5) is 12.5. The number of methoxy groups -OCH3 is 1. The summed E-state index contributed by atoms with van der Waals surface area (Å²) >= 11 is 0. The molecule has 1 aliphatic carbocycles. The quantitative estimate of drug-likeness (QED) is 0.771. The second kappa shape index (κ2) is 4.92. The molecular weight excluding hydrogens is 272 g/mol. The Morgan fingerprint density at radius 3 is 2.37 bits per heavy atom. The summed E-state index contributed by atoms with van der Waals surface area (Å²) in [7, 11) is -2.37. The minimum atomic E-state index is -3.84. The van der Waals surface area contributed by atoms with Crippen LogP contribution in [-0.2, 0) is 14.8 Å². The van der Waals surface area contributed by atoms with E-state index in [1.54, 1.807) is 20.8 Å². The van der Waals surface area contributed by atoms with Crippen LogP contribution in [0.2, 0.25) is 0 Å². The smallest absolute Gasteiger partial charge is 0.408 e. The zero-order valence-electron chi connectivity index (χ0n) is 11.7. The third kappa shape index (κ3) is 3.01. The molecular formula is C11H22N2O5S. The van der Waals surface area contributed by atoms with E-state index in [1.807, 2.05) is 0 Å². The third-order valence-electron chi connectivity index (χ3n) is 3.52. The lowest BCUT2D eigenvalue weighted by Crippen LogP contribution is -2.51. The van der Waals surface area contributed by atoms with E-state index in [1.165, 1.54) is 12.0 Å². The molecule has 1 rings (SSSR count).